The summed E-state index contributed by atoms with van der Waals surface area (Å²) in [6.07, 6.45) is -1.63. The van der Waals surface area contributed by atoms with Crippen LogP contribution in [-0.4, -0.2) is 27.9 Å². The van der Waals surface area contributed by atoms with E-state index in [1.165, 1.54) is 0 Å². The Kier molecular flexibility index (Phi) is 4.77. The minimum Gasteiger partial charge on any atom is -0.481 e. The molecule has 0 bridgehead atoms. The summed E-state index contributed by atoms with van der Waals surface area (Å²) in [5.41, 5.74) is 0. The summed E-state index contributed by atoms with van der Waals surface area (Å²) in [4.78, 5) is 16.9. The molecule has 0 unspecified atom stereocenters. The third kappa shape index (κ3) is 4.21. The van der Waals surface area contributed by atoms with Crippen LogP contribution in [0.3, 0.4) is 0 Å². The smallest absolute Gasteiger partial charge is 0.303 e. The number of rotatable bonds is 5. The molecular weight excluding hydrogens is 144 g/mol. The number of carbonyl (C=O) groups is 1. The summed E-state index contributed by atoms with van der Waals surface area (Å²) >= 11 is 0. The molecule has 10 heavy (non-hydrogen) atoms. The molecule has 3 N–H and O–H groups in total. The molecule has 0 amide bonds. The maximum Gasteiger partial charge on any atom is 0.303 e. The molecule has 0 fully saturated rings. The van der Waals surface area contributed by atoms with Gasteiger partial charge in [0.1, 0.15) is 0 Å². The van der Waals surface area contributed by atoms with Gasteiger partial charge in [-0.15, -0.1) is 0 Å². The normalized spacial score (nSPS) is 10.3. The Balaban J connectivity index is 3.34. The number of hydrogen-bond acceptors (Lipinski definition) is 5. The van der Waals surface area contributed by atoms with Crippen molar-refractivity contribution in [2.24, 2.45) is 0 Å². The first-order valence-corrected chi connectivity index (χ1v) is 2.53. The van der Waals surface area contributed by atoms with Crippen LogP contribution in [0.25, 0.3) is 0 Å². The van der Waals surface area contributed by atoms with E-state index in [-0.39, 0.29) is 12.8 Å². The van der Waals surface area contributed by atoms with Crippen LogP contribution in [0.4, 0.5) is 0 Å². The van der Waals surface area contributed by atoms with Gasteiger partial charge in [-0.3, -0.25) is 4.79 Å². The Morgan fingerprint density at radius 2 is 1.90 bits per heavy atom. The topological polar surface area (TPSA) is 96.2 Å². The van der Waals surface area contributed by atoms with Gasteiger partial charge in [0, 0.05) is 6.42 Å². The Labute approximate surface area is 56.5 Å². The molecule has 0 aromatic heterocycles. The molecule has 0 atom stereocenters. The average Bonchev–Trinajstić information content (AvgIpc) is 1.90. The highest BCUT2D eigenvalue weighted by molar-refractivity contribution is 5.66. The van der Waals surface area contributed by atoms with Crippen LogP contribution in [0.5, 0.6) is 0 Å². The van der Waals surface area contributed by atoms with Crippen molar-refractivity contribution in [3.8, 4) is 0 Å². The molecule has 0 saturated heterocycles. The lowest BCUT2D eigenvalue weighted by Gasteiger charge is -2.05. The van der Waals surface area contributed by atoms with Crippen molar-refractivity contribution in [1.29, 1.82) is 0 Å². The SMILES string of the molecule is O=C(O)CCC(OO)OO. The summed E-state index contributed by atoms with van der Waals surface area (Å²) in [5.74, 6) is -1.06. The number of hydrogen-bond donors (Lipinski definition) is 3. The molecule has 0 aromatic carbocycles. The summed E-state index contributed by atoms with van der Waals surface area (Å²) in [5, 5.41) is 23.8. The lowest BCUT2D eigenvalue weighted by Crippen LogP contribution is -2.15. The van der Waals surface area contributed by atoms with Gasteiger partial charge in [-0.2, -0.15) is 0 Å². The van der Waals surface area contributed by atoms with Crippen molar-refractivity contribution < 1.29 is 30.2 Å². The molecule has 0 radical (unpaired) electrons. The van der Waals surface area contributed by atoms with E-state index in [1.807, 2.05) is 0 Å². The fourth-order valence-electron chi connectivity index (χ4n) is 0.366. The third-order valence-corrected chi connectivity index (χ3v) is 0.829. The largest absolute Gasteiger partial charge is 0.481 e. The van der Waals surface area contributed by atoms with Gasteiger partial charge in [-0.05, 0) is 0 Å². The fourth-order valence-corrected chi connectivity index (χ4v) is 0.366. The molecule has 0 aliphatic heterocycles. The van der Waals surface area contributed by atoms with E-state index in [0.29, 0.717) is 0 Å². The molecule has 0 spiro atoms. The standard InChI is InChI=1S/C4H8O6/c5-3(6)1-2-4(9-7)10-8/h4,7-8H,1-2H2,(H,5,6). The van der Waals surface area contributed by atoms with Crippen molar-refractivity contribution in [2.75, 3.05) is 0 Å². The van der Waals surface area contributed by atoms with E-state index in [4.69, 9.17) is 15.6 Å². The maximum absolute atomic E-state index is 9.86. The molecule has 0 saturated carbocycles. The quantitative estimate of drug-likeness (QED) is 0.295. The minimum atomic E-state index is -1.28. The number of aliphatic carboxylic acids is 1. The van der Waals surface area contributed by atoms with Gasteiger partial charge in [0.2, 0.25) is 6.29 Å². The monoisotopic (exact) mass is 152 g/mol. The van der Waals surface area contributed by atoms with Crippen LogP contribution in [-0.2, 0) is 14.6 Å². The first-order chi connectivity index (χ1) is 4.70. The molecule has 0 heterocycles. The van der Waals surface area contributed by atoms with Crippen molar-refractivity contribution in [2.45, 2.75) is 19.1 Å². The van der Waals surface area contributed by atoms with E-state index in [9.17, 15) is 4.79 Å². The van der Waals surface area contributed by atoms with Crippen LogP contribution in [0.15, 0.2) is 0 Å². The second-order valence-corrected chi connectivity index (χ2v) is 1.57. The minimum absolute atomic E-state index is 0.109. The fraction of sp³-hybridized carbons (Fsp3) is 0.750. The van der Waals surface area contributed by atoms with Crippen molar-refractivity contribution in [3.63, 3.8) is 0 Å². The van der Waals surface area contributed by atoms with Gasteiger partial charge in [0.15, 0.2) is 0 Å². The van der Waals surface area contributed by atoms with Gasteiger partial charge in [-0.1, -0.05) is 0 Å². The lowest BCUT2D eigenvalue weighted by atomic mass is 10.3. The van der Waals surface area contributed by atoms with Gasteiger partial charge in [-0.25, -0.2) is 20.3 Å². The van der Waals surface area contributed by atoms with E-state index in [2.05, 4.69) is 9.78 Å². The van der Waals surface area contributed by atoms with Gasteiger partial charge < -0.3 is 5.11 Å². The van der Waals surface area contributed by atoms with Gasteiger partial charge >= 0.3 is 5.97 Å². The second-order valence-electron chi connectivity index (χ2n) is 1.57. The van der Waals surface area contributed by atoms with Crippen LogP contribution < -0.4 is 0 Å². The van der Waals surface area contributed by atoms with Crippen molar-refractivity contribution in [3.05, 3.63) is 0 Å². The summed E-state index contributed by atoms with van der Waals surface area (Å²) in [6.45, 7) is 0. The van der Waals surface area contributed by atoms with Gasteiger partial charge in [0.05, 0.1) is 6.42 Å². The van der Waals surface area contributed by atoms with E-state index in [1.54, 1.807) is 0 Å². The molecule has 0 rings (SSSR count). The summed E-state index contributed by atoms with van der Waals surface area (Å²) < 4.78 is 0. The highest BCUT2D eigenvalue weighted by atomic mass is 17.2. The highest BCUT2D eigenvalue weighted by Gasteiger charge is 2.10. The van der Waals surface area contributed by atoms with Crippen LogP contribution in [0, 0.1) is 0 Å². The molecule has 60 valence electrons. The maximum atomic E-state index is 9.86. The van der Waals surface area contributed by atoms with Crippen LogP contribution in [0.2, 0.25) is 0 Å². The van der Waals surface area contributed by atoms with Gasteiger partial charge in [0.25, 0.3) is 0 Å². The predicted molar refractivity (Wildman–Crippen MR) is 28.1 cm³/mol. The molecule has 0 aromatic rings. The first kappa shape index (κ1) is 9.31. The zero-order valence-corrected chi connectivity index (χ0v) is 5.06. The van der Waals surface area contributed by atoms with Crippen LogP contribution in [0.1, 0.15) is 12.8 Å². The highest BCUT2D eigenvalue weighted by Crippen LogP contribution is 2.00. The average molecular weight is 152 g/mol. The summed E-state index contributed by atoms with van der Waals surface area (Å²) in [6, 6.07) is 0. The Hall–Kier alpha value is -0.690. The van der Waals surface area contributed by atoms with E-state index in [0.717, 1.165) is 0 Å². The summed E-state index contributed by atoms with van der Waals surface area (Å²) in [7, 11) is 0. The van der Waals surface area contributed by atoms with Crippen molar-refractivity contribution in [1.82, 2.24) is 0 Å². The van der Waals surface area contributed by atoms with E-state index < -0.39 is 12.3 Å². The van der Waals surface area contributed by atoms with Crippen molar-refractivity contribution >= 4 is 5.97 Å². The predicted octanol–water partition coefficient (Wildman–Crippen LogP) is 0.156. The number of carboxylic acids is 1. The molecule has 0 aliphatic carbocycles. The second kappa shape index (κ2) is 5.12. The number of carboxylic acid groups (broad SMARTS) is 1. The zero-order valence-electron chi connectivity index (χ0n) is 5.06. The van der Waals surface area contributed by atoms with E-state index >= 15 is 0 Å². The molecular formula is C4H8O6. The molecule has 0 aliphatic rings. The first-order valence-electron chi connectivity index (χ1n) is 2.53. The van der Waals surface area contributed by atoms with Crippen LogP contribution >= 0.6 is 0 Å². The lowest BCUT2D eigenvalue weighted by molar-refractivity contribution is -0.432. The molecule has 6 heteroatoms. The Bertz CT molecular complexity index is 97.9. The zero-order chi connectivity index (χ0) is 7.98. The molecule has 6 nitrogen and oxygen atoms in total. The Morgan fingerprint density at radius 3 is 2.20 bits per heavy atom. The third-order valence-electron chi connectivity index (χ3n) is 0.829. The Morgan fingerprint density at radius 1 is 1.40 bits per heavy atom.